The Kier molecular flexibility index (Phi) is 5.30. The lowest BCUT2D eigenvalue weighted by Crippen LogP contribution is -2.20. The SMILES string of the molecule is Cc1ccc(OCC(=O)Nc2ccc(Br)cc2)c(CO)n1. The number of halogens is 1. The van der Waals surface area contributed by atoms with Gasteiger partial charge in [-0.25, -0.2) is 0 Å². The summed E-state index contributed by atoms with van der Waals surface area (Å²) in [5, 5.41) is 11.9. The van der Waals surface area contributed by atoms with Gasteiger partial charge in [-0.2, -0.15) is 0 Å². The summed E-state index contributed by atoms with van der Waals surface area (Å²) in [5.41, 5.74) is 1.90. The molecular weight excluding hydrogens is 336 g/mol. The highest BCUT2D eigenvalue weighted by molar-refractivity contribution is 9.10. The van der Waals surface area contributed by atoms with E-state index >= 15 is 0 Å². The highest BCUT2D eigenvalue weighted by Crippen LogP contribution is 2.17. The second-order valence-electron chi connectivity index (χ2n) is 4.40. The Hall–Kier alpha value is -1.92. The molecule has 0 bridgehead atoms. The molecule has 0 atom stereocenters. The third kappa shape index (κ3) is 4.54. The number of pyridine rings is 1. The molecule has 2 aromatic rings. The predicted molar refractivity (Wildman–Crippen MR) is 83.2 cm³/mol. The Morgan fingerprint density at radius 1 is 1.29 bits per heavy atom. The molecule has 0 aliphatic heterocycles. The van der Waals surface area contributed by atoms with Gasteiger partial charge in [-0.05, 0) is 43.3 Å². The minimum atomic E-state index is -0.276. The first kappa shape index (κ1) is 15.5. The van der Waals surface area contributed by atoms with Crippen LogP contribution >= 0.6 is 15.9 Å². The van der Waals surface area contributed by atoms with Gasteiger partial charge in [0.25, 0.3) is 5.91 Å². The molecule has 0 unspecified atom stereocenters. The minimum absolute atomic E-state index is 0.145. The number of amides is 1. The van der Waals surface area contributed by atoms with Crippen LogP contribution in [0, 0.1) is 6.92 Å². The molecule has 1 aromatic carbocycles. The molecule has 1 aromatic heterocycles. The van der Waals surface area contributed by atoms with E-state index in [4.69, 9.17) is 4.74 Å². The van der Waals surface area contributed by atoms with E-state index in [0.717, 1.165) is 10.2 Å². The van der Waals surface area contributed by atoms with E-state index in [-0.39, 0.29) is 19.1 Å². The van der Waals surface area contributed by atoms with E-state index < -0.39 is 0 Å². The van der Waals surface area contributed by atoms with Gasteiger partial charge in [-0.3, -0.25) is 9.78 Å². The van der Waals surface area contributed by atoms with E-state index in [1.807, 2.05) is 19.1 Å². The molecule has 0 aliphatic rings. The summed E-state index contributed by atoms with van der Waals surface area (Å²) in [6.45, 7) is 1.45. The summed E-state index contributed by atoms with van der Waals surface area (Å²) in [5.74, 6) is 0.135. The van der Waals surface area contributed by atoms with Gasteiger partial charge in [0.15, 0.2) is 6.61 Å². The van der Waals surface area contributed by atoms with E-state index in [2.05, 4.69) is 26.2 Å². The zero-order valence-electron chi connectivity index (χ0n) is 11.5. The quantitative estimate of drug-likeness (QED) is 0.869. The lowest BCUT2D eigenvalue weighted by Gasteiger charge is -2.10. The van der Waals surface area contributed by atoms with E-state index in [1.165, 1.54) is 0 Å². The number of rotatable bonds is 5. The number of carbonyl (C=O) groups is 1. The molecule has 0 spiro atoms. The molecule has 21 heavy (non-hydrogen) atoms. The Balaban J connectivity index is 1.93. The average molecular weight is 351 g/mol. The summed E-state index contributed by atoms with van der Waals surface area (Å²) >= 11 is 3.33. The first-order chi connectivity index (χ1) is 10.1. The third-order valence-electron chi connectivity index (χ3n) is 2.71. The van der Waals surface area contributed by atoms with Gasteiger partial charge >= 0.3 is 0 Å². The molecule has 0 aliphatic carbocycles. The van der Waals surface area contributed by atoms with E-state index in [9.17, 15) is 9.90 Å². The number of nitrogens with one attached hydrogen (secondary N) is 1. The Morgan fingerprint density at radius 3 is 2.67 bits per heavy atom. The first-order valence-corrected chi connectivity index (χ1v) is 7.13. The second kappa shape index (κ2) is 7.19. The summed E-state index contributed by atoms with van der Waals surface area (Å²) in [6, 6.07) is 10.7. The number of benzene rings is 1. The van der Waals surface area contributed by atoms with Crippen molar-refractivity contribution in [2.75, 3.05) is 11.9 Å². The van der Waals surface area contributed by atoms with Crippen molar-refractivity contribution in [3.05, 3.63) is 52.3 Å². The Labute approximate surface area is 131 Å². The van der Waals surface area contributed by atoms with Crippen LogP contribution in [0.2, 0.25) is 0 Å². The summed E-state index contributed by atoms with van der Waals surface area (Å²) < 4.78 is 6.34. The van der Waals surface area contributed by atoms with Crippen LogP contribution < -0.4 is 10.1 Å². The molecule has 2 rings (SSSR count). The Morgan fingerprint density at radius 2 is 2.00 bits per heavy atom. The van der Waals surface area contributed by atoms with Crippen molar-refractivity contribution in [1.29, 1.82) is 0 Å². The molecule has 1 amide bonds. The monoisotopic (exact) mass is 350 g/mol. The average Bonchev–Trinajstić information content (AvgIpc) is 2.48. The van der Waals surface area contributed by atoms with Crippen molar-refractivity contribution in [2.45, 2.75) is 13.5 Å². The van der Waals surface area contributed by atoms with Crippen LogP contribution in [0.25, 0.3) is 0 Å². The molecule has 0 saturated heterocycles. The maximum Gasteiger partial charge on any atom is 0.262 e. The highest BCUT2D eigenvalue weighted by atomic mass is 79.9. The van der Waals surface area contributed by atoms with Crippen LogP contribution in [0.4, 0.5) is 5.69 Å². The number of nitrogens with zero attached hydrogens (tertiary/aromatic N) is 1. The van der Waals surface area contributed by atoms with Crippen LogP contribution in [-0.4, -0.2) is 22.6 Å². The van der Waals surface area contributed by atoms with Gasteiger partial charge in [0.2, 0.25) is 0 Å². The van der Waals surface area contributed by atoms with Gasteiger partial charge in [-0.15, -0.1) is 0 Å². The molecule has 1 heterocycles. The number of aliphatic hydroxyl groups is 1. The number of aryl methyl sites for hydroxylation is 1. The smallest absolute Gasteiger partial charge is 0.262 e. The van der Waals surface area contributed by atoms with Crippen molar-refractivity contribution in [2.24, 2.45) is 0 Å². The van der Waals surface area contributed by atoms with Crippen molar-refractivity contribution in [1.82, 2.24) is 4.98 Å². The highest BCUT2D eigenvalue weighted by Gasteiger charge is 2.08. The standard InChI is InChI=1S/C15H15BrN2O3/c1-10-2-7-14(13(8-19)17-10)21-9-15(20)18-12-5-3-11(16)4-6-12/h2-7,19H,8-9H2,1H3,(H,18,20). The number of carbonyl (C=O) groups excluding carboxylic acids is 1. The largest absolute Gasteiger partial charge is 0.482 e. The summed E-state index contributed by atoms with van der Waals surface area (Å²) in [7, 11) is 0. The number of aromatic nitrogens is 1. The molecule has 6 heteroatoms. The van der Waals surface area contributed by atoms with Crippen molar-refractivity contribution < 1.29 is 14.6 Å². The zero-order valence-corrected chi connectivity index (χ0v) is 13.1. The molecule has 0 radical (unpaired) electrons. The molecule has 0 saturated carbocycles. The summed E-state index contributed by atoms with van der Waals surface area (Å²) in [4.78, 5) is 16.0. The van der Waals surface area contributed by atoms with Gasteiger partial charge in [-0.1, -0.05) is 15.9 Å². The van der Waals surface area contributed by atoms with E-state index in [1.54, 1.807) is 24.3 Å². The van der Waals surface area contributed by atoms with Gasteiger partial charge in [0, 0.05) is 15.9 Å². The van der Waals surface area contributed by atoms with Crippen LogP contribution in [0.1, 0.15) is 11.4 Å². The van der Waals surface area contributed by atoms with E-state index in [0.29, 0.717) is 17.1 Å². The topological polar surface area (TPSA) is 71.5 Å². The van der Waals surface area contributed by atoms with Crippen molar-refractivity contribution >= 4 is 27.5 Å². The maximum absolute atomic E-state index is 11.8. The molecule has 5 nitrogen and oxygen atoms in total. The molecule has 110 valence electrons. The third-order valence-corrected chi connectivity index (χ3v) is 3.24. The summed E-state index contributed by atoms with van der Waals surface area (Å²) in [6.07, 6.45) is 0. The van der Waals surface area contributed by atoms with Crippen LogP contribution in [0.15, 0.2) is 40.9 Å². The fourth-order valence-corrected chi connectivity index (χ4v) is 1.98. The van der Waals surface area contributed by atoms with Crippen molar-refractivity contribution in [3.63, 3.8) is 0 Å². The second-order valence-corrected chi connectivity index (χ2v) is 5.31. The Bertz CT molecular complexity index is 629. The fraction of sp³-hybridized carbons (Fsp3) is 0.200. The fourth-order valence-electron chi connectivity index (χ4n) is 1.72. The van der Waals surface area contributed by atoms with Crippen LogP contribution in [0.5, 0.6) is 5.75 Å². The predicted octanol–water partition coefficient (Wildman–Crippen LogP) is 2.66. The van der Waals surface area contributed by atoms with Gasteiger partial charge in [0.1, 0.15) is 11.4 Å². The molecular formula is C15H15BrN2O3. The lowest BCUT2D eigenvalue weighted by molar-refractivity contribution is -0.118. The normalized spacial score (nSPS) is 10.2. The van der Waals surface area contributed by atoms with Gasteiger partial charge < -0.3 is 15.2 Å². The molecule has 0 fully saturated rings. The zero-order chi connectivity index (χ0) is 15.2. The van der Waals surface area contributed by atoms with Gasteiger partial charge in [0.05, 0.1) is 6.61 Å². The number of anilines is 1. The van der Waals surface area contributed by atoms with Crippen LogP contribution in [0.3, 0.4) is 0 Å². The number of aliphatic hydroxyl groups excluding tert-OH is 1. The van der Waals surface area contributed by atoms with Crippen molar-refractivity contribution in [3.8, 4) is 5.75 Å². The maximum atomic E-state index is 11.8. The number of hydrogen-bond acceptors (Lipinski definition) is 4. The molecule has 2 N–H and O–H groups in total. The van der Waals surface area contributed by atoms with Crippen LogP contribution in [-0.2, 0) is 11.4 Å². The minimum Gasteiger partial charge on any atom is -0.482 e. The number of hydrogen-bond donors (Lipinski definition) is 2. The number of ether oxygens (including phenoxy) is 1. The first-order valence-electron chi connectivity index (χ1n) is 6.34. The lowest BCUT2D eigenvalue weighted by atomic mass is 10.3.